The summed E-state index contributed by atoms with van der Waals surface area (Å²) in [6, 6.07) is 14.0. The number of aromatic amines is 1. The Bertz CT molecular complexity index is 1220. The van der Waals surface area contributed by atoms with Crippen molar-refractivity contribution >= 4 is 34.5 Å². The van der Waals surface area contributed by atoms with E-state index in [9.17, 15) is 9.59 Å². The summed E-state index contributed by atoms with van der Waals surface area (Å²) in [7, 11) is 0. The fraction of sp³-hybridized carbons (Fsp3) is 0.100. The number of hydrogen-bond acceptors (Lipinski definition) is 7. The number of nitrogens with one attached hydrogen (secondary N) is 2. The van der Waals surface area contributed by atoms with E-state index in [1.165, 1.54) is 11.3 Å². The molecule has 2 N–H and O–H groups in total. The predicted molar refractivity (Wildman–Crippen MR) is 113 cm³/mol. The van der Waals surface area contributed by atoms with E-state index in [4.69, 9.17) is 16.3 Å². The first-order chi connectivity index (χ1) is 14.5. The molecule has 0 bridgehead atoms. The molecule has 4 aromatic rings. The zero-order valence-corrected chi connectivity index (χ0v) is 17.0. The first kappa shape index (κ1) is 19.9. The number of thiazole rings is 1. The van der Waals surface area contributed by atoms with Crippen molar-refractivity contribution in [2.75, 3.05) is 5.32 Å². The van der Waals surface area contributed by atoms with Gasteiger partial charge in [0.05, 0.1) is 12.1 Å². The average Bonchev–Trinajstić information content (AvgIpc) is 3.36. The van der Waals surface area contributed by atoms with Gasteiger partial charge < -0.3 is 10.1 Å². The summed E-state index contributed by atoms with van der Waals surface area (Å²) in [4.78, 5) is 30.4. The van der Waals surface area contributed by atoms with Crippen molar-refractivity contribution in [3.63, 3.8) is 0 Å². The van der Waals surface area contributed by atoms with Crippen LogP contribution in [-0.2, 0) is 17.8 Å². The van der Waals surface area contributed by atoms with Gasteiger partial charge in [-0.05, 0) is 36.4 Å². The van der Waals surface area contributed by atoms with Crippen LogP contribution in [0.3, 0.4) is 0 Å². The van der Waals surface area contributed by atoms with Crippen molar-refractivity contribution in [2.45, 2.75) is 13.0 Å². The van der Waals surface area contributed by atoms with Crippen molar-refractivity contribution in [3.8, 4) is 17.1 Å². The number of carbonyl (C=O) groups excluding carboxylic acids is 1. The molecule has 8 nitrogen and oxygen atoms in total. The highest BCUT2D eigenvalue weighted by molar-refractivity contribution is 7.09. The van der Waals surface area contributed by atoms with Gasteiger partial charge in [0.15, 0.2) is 5.82 Å². The van der Waals surface area contributed by atoms with Gasteiger partial charge in [-0.25, -0.2) is 9.78 Å². The van der Waals surface area contributed by atoms with Crippen molar-refractivity contribution in [2.24, 2.45) is 0 Å². The van der Waals surface area contributed by atoms with Crippen LogP contribution in [0.4, 0.5) is 5.69 Å². The van der Waals surface area contributed by atoms with Gasteiger partial charge in [-0.3, -0.25) is 14.3 Å². The number of nitrogens with zero attached hydrogens (tertiary/aromatic N) is 2. The van der Waals surface area contributed by atoms with E-state index in [0.717, 1.165) is 5.01 Å². The predicted octanol–water partition coefficient (Wildman–Crippen LogP) is 3.90. The summed E-state index contributed by atoms with van der Waals surface area (Å²) in [5.74, 6) is 0.137. The van der Waals surface area contributed by atoms with Gasteiger partial charge in [-0.1, -0.05) is 28.9 Å². The highest BCUT2D eigenvalue weighted by Crippen LogP contribution is 2.20. The molecular formula is C20H15ClN4O4S. The Kier molecular flexibility index (Phi) is 5.92. The van der Waals surface area contributed by atoms with Crippen molar-refractivity contribution in [1.82, 2.24) is 15.1 Å². The lowest BCUT2D eigenvalue weighted by atomic mass is 10.2. The highest BCUT2D eigenvalue weighted by atomic mass is 35.5. The molecule has 2 aromatic heterocycles. The largest absolute Gasteiger partial charge is 0.486 e. The normalized spacial score (nSPS) is 10.7. The number of anilines is 1. The summed E-state index contributed by atoms with van der Waals surface area (Å²) in [6.45, 7) is 0.311. The van der Waals surface area contributed by atoms with Crippen LogP contribution in [0, 0.1) is 0 Å². The smallest absolute Gasteiger partial charge is 0.439 e. The first-order valence-electron chi connectivity index (χ1n) is 8.83. The molecule has 0 atom stereocenters. The molecule has 2 aromatic carbocycles. The molecule has 30 heavy (non-hydrogen) atoms. The molecule has 152 valence electrons. The summed E-state index contributed by atoms with van der Waals surface area (Å²) in [5, 5.41) is 9.69. The molecule has 0 aliphatic heterocycles. The lowest BCUT2D eigenvalue weighted by molar-refractivity contribution is -0.115. The third-order valence-corrected chi connectivity index (χ3v) is 5.10. The molecule has 0 unspecified atom stereocenters. The molecule has 0 saturated heterocycles. The molecule has 0 saturated carbocycles. The van der Waals surface area contributed by atoms with Crippen LogP contribution in [0.25, 0.3) is 11.4 Å². The summed E-state index contributed by atoms with van der Waals surface area (Å²) in [6.07, 6.45) is 0.127. The van der Waals surface area contributed by atoms with Gasteiger partial charge in [-0.2, -0.15) is 0 Å². The lowest BCUT2D eigenvalue weighted by Crippen LogP contribution is -2.14. The minimum Gasteiger partial charge on any atom is -0.486 e. The second-order valence-electron chi connectivity index (χ2n) is 6.22. The number of aromatic nitrogens is 3. The molecule has 2 heterocycles. The van der Waals surface area contributed by atoms with Crippen molar-refractivity contribution in [1.29, 1.82) is 0 Å². The van der Waals surface area contributed by atoms with E-state index >= 15 is 0 Å². The quantitative estimate of drug-likeness (QED) is 0.449. The Morgan fingerprint density at radius 1 is 1.23 bits per heavy atom. The van der Waals surface area contributed by atoms with E-state index in [2.05, 4.69) is 25.0 Å². The van der Waals surface area contributed by atoms with Crippen molar-refractivity contribution < 1.29 is 14.1 Å². The highest BCUT2D eigenvalue weighted by Gasteiger charge is 2.10. The minimum atomic E-state index is -0.640. The second kappa shape index (κ2) is 8.93. The number of H-pyrrole nitrogens is 1. The molecular weight excluding hydrogens is 428 g/mol. The summed E-state index contributed by atoms with van der Waals surface area (Å²) in [5.41, 5.74) is 1.85. The zero-order chi connectivity index (χ0) is 20.9. The number of halogens is 1. The molecule has 0 spiro atoms. The number of rotatable bonds is 7. The molecule has 0 aliphatic carbocycles. The summed E-state index contributed by atoms with van der Waals surface area (Å²) >= 11 is 7.28. The molecule has 0 fully saturated rings. The SMILES string of the molecule is O=C(Cc1csc(COc2ccc(Cl)cc2)n1)Nc1cccc(-c2noc(=O)[nH]2)c1. The molecule has 4 rings (SSSR count). The third kappa shape index (κ3) is 5.13. The molecule has 0 radical (unpaired) electrons. The van der Waals surface area contributed by atoms with Gasteiger partial charge >= 0.3 is 5.76 Å². The van der Waals surface area contributed by atoms with Crippen LogP contribution in [0.15, 0.2) is 63.2 Å². The van der Waals surface area contributed by atoms with Crippen LogP contribution >= 0.6 is 22.9 Å². The number of amides is 1. The maximum absolute atomic E-state index is 12.4. The fourth-order valence-corrected chi connectivity index (χ4v) is 3.47. The van der Waals surface area contributed by atoms with E-state index in [1.54, 1.807) is 48.5 Å². The molecule has 10 heteroatoms. The number of benzene rings is 2. The van der Waals surface area contributed by atoms with E-state index in [1.807, 2.05) is 5.38 Å². The van der Waals surface area contributed by atoms with Crippen LogP contribution in [0.1, 0.15) is 10.7 Å². The number of hydrogen-bond donors (Lipinski definition) is 2. The molecule has 1 amide bonds. The summed E-state index contributed by atoms with van der Waals surface area (Å²) < 4.78 is 10.2. The molecule has 0 aliphatic rings. The van der Waals surface area contributed by atoms with Gasteiger partial charge in [0, 0.05) is 21.7 Å². The minimum absolute atomic E-state index is 0.127. The Balaban J connectivity index is 1.33. The number of ether oxygens (including phenoxy) is 1. The standard InChI is InChI=1S/C20H15ClN4O4S/c21-13-4-6-16(7-5-13)28-10-18-23-15(11-30-18)9-17(26)22-14-3-1-2-12(8-14)19-24-20(27)29-25-19/h1-8,11H,9-10H2,(H,22,26)(H,24,25,27). The van der Waals surface area contributed by atoms with E-state index < -0.39 is 5.76 Å². The van der Waals surface area contributed by atoms with Crippen molar-refractivity contribution in [3.05, 3.63) is 80.2 Å². The van der Waals surface area contributed by atoms with Crippen LogP contribution in [-0.4, -0.2) is 21.0 Å². The van der Waals surface area contributed by atoms with Gasteiger partial charge in [0.2, 0.25) is 5.91 Å². The van der Waals surface area contributed by atoms with Crippen LogP contribution < -0.4 is 15.8 Å². The van der Waals surface area contributed by atoms with Crippen LogP contribution in [0.2, 0.25) is 5.02 Å². The van der Waals surface area contributed by atoms with E-state index in [-0.39, 0.29) is 12.3 Å². The van der Waals surface area contributed by atoms with Crippen LogP contribution in [0.5, 0.6) is 5.75 Å². The van der Waals surface area contributed by atoms with Gasteiger partial charge in [0.25, 0.3) is 0 Å². The fourth-order valence-electron chi connectivity index (χ4n) is 2.64. The lowest BCUT2D eigenvalue weighted by Gasteiger charge is -2.05. The van der Waals surface area contributed by atoms with Gasteiger partial charge in [0.1, 0.15) is 17.4 Å². The number of carbonyl (C=O) groups is 1. The first-order valence-corrected chi connectivity index (χ1v) is 10.1. The Labute approximate surface area is 179 Å². The average molecular weight is 443 g/mol. The monoisotopic (exact) mass is 442 g/mol. The zero-order valence-electron chi connectivity index (χ0n) is 15.4. The second-order valence-corrected chi connectivity index (χ2v) is 7.60. The Morgan fingerprint density at radius 2 is 2.07 bits per heavy atom. The van der Waals surface area contributed by atoms with E-state index in [0.29, 0.717) is 40.1 Å². The Hall–Kier alpha value is -3.43. The maximum atomic E-state index is 12.4. The topological polar surface area (TPSA) is 110 Å². The Morgan fingerprint density at radius 3 is 2.83 bits per heavy atom. The third-order valence-electron chi connectivity index (χ3n) is 3.98. The maximum Gasteiger partial charge on any atom is 0.439 e. The van der Waals surface area contributed by atoms with Gasteiger partial charge in [-0.15, -0.1) is 11.3 Å².